The minimum atomic E-state index is 0.190. The molecule has 0 bridgehead atoms. The van der Waals surface area contributed by atoms with Gasteiger partial charge in [0.1, 0.15) is 0 Å². The zero-order valence-corrected chi connectivity index (χ0v) is 11.3. The third kappa shape index (κ3) is 3.18. The molecule has 1 aromatic carbocycles. The Hall–Kier alpha value is -0.0900. The summed E-state index contributed by atoms with van der Waals surface area (Å²) in [7, 11) is 2.05. The maximum atomic E-state index is 6.19. The molecule has 0 saturated heterocycles. The lowest BCUT2D eigenvalue weighted by molar-refractivity contribution is 0.263. The van der Waals surface area contributed by atoms with Crippen molar-refractivity contribution in [2.24, 2.45) is 5.73 Å². The molecule has 0 fully saturated rings. The Kier molecular flexibility index (Phi) is 5.06. The zero-order chi connectivity index (χ0) is 11.4. The largest absolute Gasteiger partial charge is 0.329 e. The molecule has 0 aliphatic carbocycles. The Bertz CT molecular complexity index is 330. The van der Waals surface area contributed by atoms with E-state index >= 15 is 0 Å². The van der Waals surface area contributed by atoms with Crippen molar-refractivity contribution in [1.82, 2.24) is 4.90 Å². The summed E-state index contributed by atoms with van der Waals surface area (Å²) in [6.07, 6.45) is 0. The fourth-order valence-electron chi connectivity index (χ4n) is 1.54. The number of benzene rings is 1. The van der Waals surface area contributed by atoms with Gasteiger partial charge in [0.15, 0.2) is 0 Å². The van der Waals surface area contributed by atoms with E-state index in [1.807, 2.05) is 18.2 Å². The fourth-order valence-corrected chi connectivity index (χ4v) is 2.34. The molecule has 84 valence electrons. The molecule has 15 heavy (non-hydrogen) atoms. The van der Waals surface area contributed by atoms with Crippen LogP contribution < -0.4 is 5.73 Å². The highest BCUT2D eigenvalue weighted by Gasteiger charge is 2.16. The summed E-state index contributed by atoms with van der Waals surface area (Å²) in [5.41, 5.74) is 6.87. The molecule has 0 aliphatic rings. The van der Waals surface area contributed by atoms with Crippen molar-refractivity contribution < 1.29 is 0 Å². The lowest BCUT2D eigenvalue weighted by Gasteiger charge is -2.26. The topological polar surface area (TPSA) is 29.3 Å². The van der Waals surface area contributed by atoms with Crippen molar-refractivity contribution in [2.45, 2.75) is 13.0 Å². The molecule has 1 aromatic rings. The Morgan fingerprint density at radius 1 is 1.53 bits per heavy atom. The summed E-state index contributed by atoms with van der Waals surface area (Å²) in [5, 5.41) is 0.764. The first-order valence-corrected chi connectivity index (χ1v) is 6.12. The fraction of sp³-hybridized carbons (Fsp3) is 0.455. The van der Waals surface area contributed by atoms with E-state index in [4.69, 9.17) is 17.3 Å². The minimum absolute atomic E-state index is 0.190. The van der Waals surface area contributed by atoms with Gasteiger partial charge in [0, 0.05) is 22.1 Å². The maximum Gasteiger partial charge on any atom is 0.0482 e. The van der Waals surface area contributed by atoms with Crippen LogP contribution in [0, 0.1) is 0 Å². The number of hydrogen-bond donors (Lipinski definition) is 1. The predicted octanol–water partition coefficient (Wildman–Crippen LogP) is 3.05. The van der Waals surface area contributed by atoms with Crippen molar-refractivity contribution in [3.05, 3.63) is 33.3 Å². The van der Waals surface area contributed by atoms with E-state index in [-0.39, 0.29) is 6.04 Å². The van der Waals surface area contributed by atoms with Gasteiger partial charge < -0.3 is 5.73 Å². The average Bonchev–Trinajstić information content (AvgIpc) is 2.21. The highest BCUT2D eigenvalue weighted by Crippen LogP contribution is 2.28. The van der Waals surface area contributed by atoms with Crippen molar-refractivity contribution in [1.29, 1.82) is 0 Å². The van der Waals surface area contributed by atoms with Crippen LogP contribution in [-0.4, -0.2) is 25.0 Å². The number of rotatable bonds is 4. The van der Waals surface area contributed by atoms with Gasteiger partial charge in [-0.1, -0.05) is 40.5 Å². The average molecular weight is 292 g/mol. The van der Waals surface area contributed by atoms with Crippen LogP contribution in [0.5, 0.6) is 0 Å². The van der Waals surface area contributed by atoms with Gasteiger partial charge in [-0.05, 0) is 31.3 Å². The second-order valence-electron chi connectivity index (χ2n) is 3.49. The SMILES string of the molecule is CCN(C)C(CN)c1ccc(Br)cc1Cl. The van der Waals surface area contributed by atoms with Crippen LogP contribution in [0.3, 0.4) is 0 Å². The molecule has 0 heterocycles. The van der Waals surface area contributed by atoms with Crippen molar-refractivity contribution in [3.63, 3.8) is 0 Å². The van der Waals surface area contributed by atoms with Crippen molar-refractivity contribution in [2.75, 3.05) is 20.1 Å². The van der Waals surface area contributed by atoms with Gasteiger partial charge >= 0.3 is 0 Å². The standard InChI is InChI=1S/C11H16BrClN2/c1-3-15(2)11(7-14)9-5-4-8(12)6-10(9)13/h4-6,11H,3,7,14H2,1-2H3. The van der Waals surface area contributed by atoms with Gasteiger partial charge in [-0.3, -0.25) is 4.90 Å². The molecule has 0 amide bonds. The van der Waals surface area contributed by atoms with Crippen LogP contribution in [0.1, 0.15) is 18.5 Å². The molecule has 1 rings (SSSR count). The van der Waals surface area contributed by atoms with Gasteiger partial charge in [-0.15, -0.1) is 0 Å². The van der Waals surface area contributed by atoms with Gasteiger partial charge in [0.05, 0.1) is 0 Å². The molecule has 0 aliphatic heterocycles. The molecule has 4 heteroatoms. The number of halogens is 2. The second kappa shape index (κ2) is 5.85. The first-order chi connectivity index (χ1) is 7.10. The van der Waals surface area contributed by atoms with E-state index in [1.165, 1.54) is 0 Å². The summed E-state index contributed by atoms with van der Waals surface area (Å²) in [6.45, 7) is 3.63. The predicted molar refractivity (Wildman–Crippen MR) is 69.3 cm³/mol. The molecule has 1 atom stereocenters. The summed E-state index contributed by atoms with van der Waals surface area (Å²) < 4.78 is 0.992. The van der Waals surface area contributed by atoms with Crippen LogP contribution >= 0.6 is 27.5 Å². The van der Waals surface area contributed by atoms with Crippen LogP contribution in [0.2, 0.25) is 5.02 Å². The van der Waals surface area contributed by atoms with E-state index in [1.54, 1.807) is 0 Å². The molecule has 0 spiro atoms. The minimum Gasteiger partial charge on any atom is -0.329 e. The normalized spacial score (nSPS) is 13.2. The maximum absolute atomic E-state index is 6.19. The first kappa shape index (κ1) is 13.0. The monoisotopic (exact) mass is 290 g/mol. The van der Waals surface area contributed by atoms with Gasteiger partial charge in [-0.2, -0.15) is 0 Å². The van der Waals surface area contributed by atoms with E-state index < -0.39 is 0 Å². The van der Waals surface area contributed by atoms with E-state index in [0.29, 0.717) is 6.54 Å². The number of hydrogen-bond acceptors (Lipinski definition) is 2. The van der Waals surface area contributed by atoms with Crippen LogP contribution in [0.4, 0.5) is 0 Å². The molecule has 2 nitrogen and oxygen atoms in total. The molecule has 0 saturated carbocycles. The van der Waals surface area contributed by atoms with Crippen LogP contribution in [0.25, 0.3) is 0 Å². The summed E-state index contributed by atoms with van der Waals surface area (Å²) in [5.74, 6) is 0. The number of likely N-dealkylation sites (N-methyl/N-ethyl adjacent to an activating group) is 1. The highest BCUT2D eigenvalue weighted by atomic mass is 79.9. The molecule has 2 N–H and O–H groups in total. The van der Waals surface area contributed by atoms with E-state index in [0.717, 1.165) is 21.6 Å². The third-order valence-electron chi connectivity index (χ3n) is 2.58. The number of nitrogens with two attached hydrogens (primary N) is 1. The van der Waals surface area contributed by atoms with Crippen molar-refractivity contribution >= 4 is 27.5 Å². The zero-order valence-electron chi connectivity index (χ0n) is 9.00. The lowest BCUT2D eigenvalue weighted by Crippen LogP contribution is -2.30. The molecule has 1 unspecified atom stereocenters. The smallest absolute Gasteiger partial charge is 0.0482 e. The van der Waals surface area contributed by atoms with Crippen molar-refractivity contribution in [3.8, 4) is 0 Å². The third-order valence-corrected chi connectivity index (χ3v) is 3.40. The lowest BCUT2D eigenvalue weighted by atomic mass is 10.1. The number of nitrogens with zero attached hydrogens (tertiary/aromatic N) is 1. The van der Waals surface area contributed by atoms with Gasteiger partial charge in [0.2, 0.25) is 0 Å². The molecular formula is C11H16BrClN2. The van der Waals surface area contributed by atoms with Crippen LogP contribution in [0.15, 0.2) is 22.7 Å². The summed E-state index contributed by atoms with van der Waals surface area (Å²) in [6, 6.07) is 6.11. The first-order valence-electron chi connectivity index (χ1n) is 4.95. The second-order valence-corrected chi connectivity index (χ2v) is 4.81. The molecular weight excluding hydrogens is 275 g/mol. The summed E-state index contributed by atoms with van der Waals surface area (Å²) >= 11 is 9.58. The summed E-state index contributed by atoms with van der Waals surface area (Å²) in [4.78, 5) is 2.19. The Balaban J connectivity index is 3.01. The van der Waals surface area contributed by atoms with E-state index in [2.05, 4.69) is 34.8 Å². The Morgan fingerprint density at radius 2 is 2.20 bits per heavy atom. The van der Waals surface area contributed by atoms with Crippen LogP contribution in [-0.2, 0) is 0 Å². The Labute approximate surface area is 105 Å². The molecule has 0 radical (unpaired) electrons. The Morgan fingerprint density at radius 3 is 2.67 bits per heavy atom. The quantitative estimate of drug-likeness (QED) is 0.924. The van der Waals surface area contributed by atoms with Gasteiger partial charge in [0.25, 0.3) is 0 Å². The van der Waals surface area contributed by atoms with E-state index in [9.17, 15) is 0 Å². The van der Waals surface area contributed by atoms with Gasteiger partial charge in [-0.25, -0.2) is 0 Å². The highest BCUT2D eigenvalue weighted by molar-refractivity contribution is 9.10. The molecule has 0 aromatic heterocycles.